The zero-order valence-corrected chi connectivity index (χ0v) is 17.6. The number of hydrogen-bond acceptors (Lipinski definition) is 3. The molecule has 1 saturated heterocycles. The molecule has 0 bridgehead atoms. The van der Waals surface area contributed by atoms with E-state index in [1.165, 1.54) is 18.4 Å². The van der Waals surface area contributed by atoms with Gasteiger partial charge in [0.1, 0.15) is 5.75 Å². The summed E-state index contributed by atoms with van der Waals surface area (Å²) in [6, 6.07) is 8.64. The number of nitrogens with zero attached hydrogens (tertiary/aromatic N) is 2. The zero-order chi connectivity index (χ0) is 20.1. The third-order valence-electron chi connectivity index (χ3n) is 5.77. The van der Waals surface area contributed by atoms with Crippen LogP contribution < -0.4 is 15.4 Å². The van der Waals surface area contributed by atoms with Gasteiger partial charge in [0, 0.05) is 37.0 Å². The lowest BCUT2D eigenvalue weighted by Gasteiger charge is -2.21. The number of carbonyl (C=O) groups excluding carboxylic acids is 1. The number of methoxy groups -OCH3 is 1. The van der Waals surface area contributed by atoms with Crippen LogP contribution in [-0.2, 0) is 10.2 Å². The van der Waals surface area contributed by atoms with E-state index >= 15 is 0 Å². The monoisotopic (exact) mass is 386 g/mol. The number of rotatable bonds is 7. The van der Waals surface area contributed by atoms with Crippen LogP contribution in [0.5, 0.6) is 5.75 Å². The maximum atomic E-state index is 12.2. The second-order valence-electron chi connectivity index (χ2n) is 8.27. The quantitative estimate of drug-likeness (QED) is 0.558. The molecule has 1 aromatic carbocycles. The van der Waals surface area contributed by atoms with Crippen molar-refractivity contribution in [3.63, 3.8) is 0 Å². The molecule has 3 rings (SSSR count). The topological polar surface area (TPSA) is 66.0 Å². The first-order valence-corrected chi connectivity index (χ1v) is 10.5. The molecule has 28 heavy (non-hydrogen) atoms. The van der Waals surface area contributed by atoms with E-state index in [-0.39, 0.29) is 23.3 Å². The second kappa shape index (κ2) is 8.84. The van der Waals surface area contributed by atoms with E-state index in [9.17, 15) is 4.79 Å². The van der Waals surface area contributed by atoms with Crippen LogP contribution in [0.3, 0.4) is 0 Å². The minimum Gasteiger partial charge on any atom is -0.497 e. The molecular weight excluding hydrogens is 352 g/mol. The summed E-state index contributed by atoms with van der Waals surface area (Å²) in [5, 5.41) is 6.90. The van der Waals surface area contributed by atoms with Crippen LogP contribution >= 0.6 is 0 Å². The first-order chi connectivity index (χ1) is 13.5. The Bertz CT molecular complexity index is 695. The second-order valence-corrected chi connectivity index (χ2v) is 8.27. The lowest BCUT2D eigenvalue weighted by atomic mass is 9.96. The number of ether oxygens (including phenoxy) is 1. The van der Waals surface area contributed by atoms with Gasteiger partial charge in [0.25, 0.3) is 0 Å². The Hall–Kier alpha value is -2.24. The van der Waals surface area contributed by atoms with E-state index in [2.05, 4.69) is 29.7 Å². The Morgan fingerprint density at radius 2 is 2.04 bits per heavy atom. The van der Waals surface area contributed by atoms with Crippen molar-refractivity contribution >= 4 is 11.9 Å². The van der Waals surface area contributed by atoms with Gasteiger partial charge in [-0.1, -0.05) is 26.0 Å². The molecule has 1 heterocycles. The van der Waals surface area contributed by atoms with Crippen LogP contribution in [0.1, 0.15) is 45.6 Å². The molecule has 1 aliphatic carbocycles. The minimum absolute atomic E-state index is 0.0554. The molecule has 1 aliphatic heterocycles. The van der Waals surface area contributed by atoms with Gasteiger partial charge in [-0.3, -0.25) is 9.79 Å². The first-order valence-electron chi connectivity index (χ1n) is 10.5. The lowest BCUT2D eigenvalue weighted by Crippen LogP contribution is -2.45. The molecular formula is C22H34N4O2. The highest BCUT2D eigenvalue weighted by Crippen LogP contribution is 2.48. The standard InChI is InChI=1S/C22H34N4O2/c1-5-23-21(25-18-10-13-26(14-18)20(27)16(2)3)24-15-22(11-12-22)17-6-8-19(28-4)9-7-17/h6-9,16,18H,5,10-15H2,1-4H3,(H2,23,24,25). The summed E-state index contributed by atoms with van der Waals surface area (Å²) in [4.78, 5) is 19.1. The number of amides is 1. The normalized spacial score (nSPS) is 21.0. The maximum absolute atomic E-state index is 12.2. The van der Waals surface area contributed by atoms with Crippen molar-refractivity contribution in [2.24, 2.45) is 10.9 Å². The fraction of sp³-hybridized carbons (Fsp3) is 0.636. The van der Waals surface area contributed by atoms with E-state index in [0.717, 1.165) is 44.3 Å². The summed E-state index contributed by atoms with van der Waals surface area (Å²) in [5.74, 6) is 2.04. The van der Waals surface area contributed by atoms with Gasteiger partial charge in [0.15, 0.2) is 5.96 Å². The molecule has 1 atom stereocenters. The molecule has 6 nitrogen and oxygen atoms in total. The lowest BCUT2D eigenvalue weighted by molar-refractivity contribution is -0.133. The van der Waals surface area contributed by atoms with Crippen LogP contribution in [-0.4, -0.2) is 56.1 Å². The molecule has 1 saturated carbocycles. The van der Waals surface area contributed by atoms with E-state index in [4.69, 9.17) is 9.73 Å². The van der Waals surface area contributed by atoms with Gasteiger partial charge in [0.2, 0.25) is 5.91 Å². The van der Waals surface area contributed by atoms with E-state index in [1.807, 2.05) is 30.9 Å². The number of benzene rings is 1. The van der Waals surface area contributed by atoms with Crippen molar-refractivity contribution in [1.29, 1.82) is 0 Å². The molecule has 1 amide bonds. The predicted molar refractivity (Wildman–Crippen MR) is 113 cm³/mol. The average molecular weight is 387 g/mol. The van der Waals surface area contributed by atoms with Gasteiger partial charge in [-0.15, -0.1) is 0 Å². The molecule has 0 aromatic heterocycles. The van der Waals surface area contributed by atoms with Gasteiger partial charge in [0.05, 0.1) is 13.7 Å². The maximum Gasteiger partial charge on any atom is 0.225 e. The minimum atomic E-state index is 0.0554. The third-order valence-corrected chi connectivity index (χ3v) is 5.77. The number of likely N-dealkylation sites (tertiary alicyclic amines) is 1. The van der Waals surface area contributed by atoms with Crippen molar-refractivity contribution in [1.82, 2.24) is 15.5 Å². The van der Waals surface area contributed by atoms with Crippen molar-refractivity contribution < 1.29 is 9.53 Å². The van der Waals surface area contributed by atoms with Crippen LogP contribution in [0.4, 0.5) is 0 Å². The van der Waals surface area contributed by atoms with Crippen molar-refractivity contribution in [2.45, 2.75) is 51.5 Å². The van der Waals surface area contributed by atoms with Gasteiger partial charge in [-0.05, 0) is 43.9 Å². The molecule has 0 radical (unpaired) electrons. The van der Waals surface area contributed by atoms with Crippen molar-refractivity contribution in [2.75, 3.05) is 33.3 Å². The fourth-order valence-corrected chi connectivity index (χ4v) is 3.82. The number of hydrogen-bond donors (Lipinski definition) is 2. The number of nitrogens with one attached hydrogen (secondary N) is 2. The molecule has 1 unspecified atom stereocenters. The summed E-state index contributed by atoms with van der Waals surface area (Å²) >= 11 is 0. The fourth-order valence-electron chi connectivity index (χ4n) is 3.82. The summed E-state index contributed by atoms with van der Waals surface area (Å²) in [7, 11) is 1.69. The molecule has 2 N–H and O–H groups in total. The van der Waals surface area contributed by atoms with E-state index in [0.29, 0.717) is 0 Å². The van der Waals surface area contributed by atoms with Crippen LogP contribution in [0.25, 0.3) is 0 Å². The number of guanidine groups is 1. The Kier molecular flexibility index (Phi) is 6.47. The SMILES string of the molecule is CCNC(=NCC1(c2ccc(OC)cc2)CC1)NC1CCN(C(=O)C(C)C)C1. The average Bonchev–Trinajstić information content (AvgIpc) is 3.36. The smallest absolute Gasteiger partial charge is 0.225 e. The van der Waals surface area contributed by atoms with E-state index in [1.54, 1.807) is 7.11 Å². The van der Waals surface area contributed by atoms with Crippen molar-refractivity contribution in [3.05, 3.63) is 29.8 Å². The summed E-state index contributed by atoms with van der Waals surface area (Å²) in [5.41, 5.74) is 1.49. The Labute approximate surface area is 168 Å². The molecule has 2 aliphatic rings. The molecule has 154 valence electrons. The van der Waals surface area contributed by atoms with E-state index < -0.39 is 0 Å². The molecule has 2 fully saturated rings. The third kappa shape index (κ3) is 4.78. The summed E-state index contributed by atoms with van der Waals surface area (Å²) in [6.45, 7) is 9.18. The Morgan fingerprint density at radius 3 is 2.61 bits per heavy atom. The highest BCUT2D eigenvalue weighted by Gasteiger charge is 2.44. The number of carbonyl (C=O) groups is 1. The highest BCUT2D eigenvalue weighted by atomic mass is 16.5. The van der Waals surface area contributed by atoms with Crippen LogP contribution in [0.15, 0.2) is 29.3 Å². The van der Waals surface area contributed by atoms with Gasteiger partial charge >= 0.3 is 0 Å². The Balaban J connectivity index is 1.60. The zero-order valence-electron chi connectivity index (χ0n) is 17.6. The predicted octanol–water partition coefficient (Wildman–Crippen LogP) is 2.54. The molecule has 6 heteroatoms. The Morgan fingerprint density at radius 1 is 1.32 bits per heavy atom. The first kappa shape index (κ1) is 20.5. The molecule has 0 spiro atoms. The number of aliphatic imine (C=N–C) groups is 1. The summed E-state index contributed by atoms with van der Waals surface area (Å²) < 4.78 is 5.27. The largest absolute Gasteiger partial charge is 0.497 e. The van der Waals surface area contributed by atoms with Gasteiger partial charge in [-0.2, -0.15) is 0 Å². The van der Waals surface area contributed by atoms with Crippen molar-refractivity contribution in [3.8, 4) is 5.75 Å². The highest BCUT2D eigenvalue weighted by molar-refractivity contribution is 5.81. The van der Waals surface area contributed by atoms with Gasteiger partial charge in [-0.25, -0.2) is 0 Å². The summed E-state index contributed by atoms with van der Waals surface area (Å²) in [6.07, 6.45) is 3.30. The molecule has 1 aromatic rings. The van der Waals surface area contributed by atoms with Crippen LogP contribution in [0.2, 0.25) is 0 Å². The van der Waals surface area contributed by atoms with Crippen LogP contribution in [0, 0.1) is 5.92 Å². The van der Waals surface area contributed by atoms with Gasteiger partial charge < -0.3 is 20.3 Å².